The van der Waals surface area contributed by atoms with E-state index in [1.165, 1.54) is 13.8 Å². The number of aryl methyl sites for hydroxylation is 1. The Morgan fingerprint density at radius 1 is 1.18 bits per heavy atom. The zero-order chi connectivity index (χ0) is 25.5. The fraction of sp³-hybridized carbons (Fsp3) is 0.393. The van der Waals surface area contributed by atoms with Crippen LogP contribution in [0.1, 0.15) is 69.8 Å². The van der Waals surface area contributed by atoms with Crippen LogP contribution in [0.15, 0.2) is 54.9 Å². The summed E-state index contributed by atoms with van der Waals surface area (Å²) in [5, 5.41) is 20.5. The first-order valence-electron chi connectivity index (χ1n) is 11.9. The maximum absolute atomic E-state index is 14.3. The summed E-state index contributed by atoms with van der Waals surface area (Å²) in [7, 11) is 0. The highest BCUT2D eigenvalue weighted by Crippen LogP contribution is 2.26. The number of aromatic nitrogens is 1. The van der Waals surface area contributed by atoms with Gasteiger partial charge in [0.25, 0.3) is 0 Å². The van der Waals surface area contributed by atoms with Gasteiger partial charge in [-0.1, -0.05) is 26.5 Å². The smallest absolute Gasteiger partial charge is 0.147 e. The van der Waals surface area contributed by atoms with Crippen LogP contribution in [-0.2, 0) is 5.67 Å². The highest BCUT2D eigenvalue weighted by Gasteiger charge is 2.21. The first-order valence-corrected chi connectivity index (χ1v) is 11.9. The summed E-state index contributed by atoms with van der Waals surface area (Å²) in [6.45, 7) is 16.9. The third-order valence-electron chi connectivity index (χ3n) is 5.70. The van der Waals surface area contributed by atoms with Crippen molar-refractivity contribution in [2.24, 2.45) is 0 Å². The van der Waals surface area contributed by atoms with E-state index in [9.17, 15) is 4.39 Å². The minimum absolute atomic E-state index is 0.350. The van der Waals surface area contributed by atoms with Crippen LogP contribution >= 0.6 is 0 Å². The van der Waals surface area contributed by atoms with E-state index < -0.39 is 5.67 Å². The topological polar surface area (TPSA) is 75.9 Å². The molecule has 0 saturated heterocycles. The molecule has 2 rings (SSSR count). The van der Waals surface area contributed by atoms with Gasteiger partial charge in [-0.15, -0.1) is 0 Å². The minimum Gasteiger partial charge on any atom is -0.370 e. The average Bonchev–Trinajstić information content (AvgIpc) is 2.81. The number of pyridine rings is 1. The van der Waals surface area contributed by atoms with Crippen molar-refractivity contribution in [2.45, 2.75) is 60.1 Å². The molecule has 0 fully saturated rings. The minimum atomic E-state index is -1.54. The number of alkyl halides is 1. The summed E-state index contributed by atoms with van der Waals surface area (Å²) < 4.78 is 14.3. The van der Waals surface area contributed by atoms with Crippen LogP contribution in [0.2, 0.25) is 0 Å². The molecule has 0 aliphatic carbocycles. The molecule has 0 radical (unpaired) electrons. The number of hydrogen-bond donors (Lipinski definition) is 3. The van der Waals surface area contributed by atoms with Crippen molar-refractivity contribution in [1.82, 2.24) is 9.88 Å². The number of nitrogens with zero attached hydrogens (tertiary/aromatic N) is 2. The molecule has 0 amide bonds. The molecule has 34 heavy (non-hydrogen) atoms. The number of rotatable bonds is 12. The Balaban J connectivity index is 2.35. The number of hydrogen-bond acceptors (Lipinski definition) is 5. The van der Waals surface area contributed by atoms with Crippen LogP contribution in [-0.4, -0.2) is 34.4 Å². The lowest BCUT2D eigenvalue weighted by atomic mass is 10.0. The Labute approximate surface area is 203 Å². The van der Waals surface area contributed by atoms with E-state index in [1.54, 1.807) is 18.3 Å². The van der Waals surface area contributed by atoms with Gasteiger partial charge in [0.15, 0.2) is 0 Å². The molecule has 0 aliphatic heterocycles. The van der Waals surface area contributed by atoms with Crippen LogP contribution in [0.3, 0.4) is 0 Å². The molecule has 1 heterocycles. The van der Waals surface area contributed by atoms with Gasteiger partial charge in [0.2, 0.25) is 0 Å². The van der Waals surface area contributed by atoms with Gasteiger partial charge in [-0.3, -0.25) is 4.98 Å². The highest BCUT2D eigenvalue weighted by atomic mass is 19.1. The molecule has 0 aliphatic rings. The van der Waals surface area contributed by atoms with Crippen molar-refractivity contribution in [3.05, 3.63) is 77.3 Å². The van der Waals surface area contributed by atoms with E-state index >= 15 is 0 Å². The van der Waals surface area contributed by atoms with Crippen LogP contribution in [0.5, 0.6) is 0 Å². The van der Waals surface area contributed by atoms with E-state index in [0.29, 0.717) is 29.2 Å². The number of halogens is 1. The zero-order valence-corrected chi connectivity index (χ0v) is 21.3. The molecule has 0 saturated carbocycles. The Hall–Kier alpha value is -3.28. The van der Waals surface area contributed by atoms with Crippen LogP contribution in [0, 0.1) is 17.7 Å². The van der Waals surface area contributed by atoms with Crippen molar-refractivity contribution in [3.8, 4) is 0 Å². The molecule has 1 aromatic carbocycles. The van der Waals surface area contributed by atoms with Gasteiger partial charge in [-0.2, -0.15) is 0 Å². The normalized spacial score (nSPS) is 11.8. The van der Waals surface area contributed by atoms with Crippen LogP contribution in [0.4, 0.5) is 10.1 Å². The van der Waals surface area contributed by atoms with Crippen molar-refractivity contribution < 1.29 is 4.39 Å². The van der Waals surface area contributed by atoms with E-state index in [0.717, 1.165) is 47.6 Å². The van der Waals surface area contributed by atoms with Crippen molar-refractivity contribution in [1.29, 1.82) is 10.8 Å². The lowest BCUT2D eigenvalue weighted by Gasteiger charge is -2.26. The predicted molar refractivity (Wildman–Crippen MR) is 143 cm³/mol. The fourth-order valence-electron chi connectivity index (χ4n) is 3.66. The predicted octanol–water partition coefficient (Wildman–Crippen LogP) is 7.09. The second-order valence-electron chi connectivity index (χ2n) is 8.89. The molecular weight excluding hydrogens is 425 g/mol. The zero-order valence-electron chi connectivity index (χ0n) is 21.3. The summed E-state index contributed by atoms with van der Waals surface area (Å²) in [6.07, 6.45) is 4.99. The van der Waals surface area contributed by atoms with Gasteiger partial charge in [-0.05, 0) is 76.4 Å². The third kappa shape index (κ3) is 6.86. The highest BCUT2D eigenvalue weighted by molar-refractivity contribution is 6.12. The number of benzene rings is 1. The van der Waals surface area contributed by atoms with Crippen LogP contribution < -0.4 is 5.32 Å². The van der Waals surface area contributed by atoms with Gasteiger partial charge in [-0.25, -0.2) is 4.39 Å². The largest absolute Gasteiger partial charge is 0.370 e. The maximum atomic E-state index is 14.3. The second kappa shape index (κ2) is 11.7. The molecule has 1 aromatic heterocycles. The quantitative estimate of drug-likeness (QED) is 0.294. The molecule has 6 heteroatoms. The molecule has 182 valence electrons. The Bertz CT molecular complexity index is 1080. The SMILES string of the molecule is C=C(Nc1ccc(C)c(C(=N)/C=C(\C(=N)CC)N(CC)CCC)c1)c1ccnc(C(C)(C)F)c1. The number of anilines is 1. The van der Waals surface area contributed by atoms with Crippen LogP contribution in [0.25, 0.3) is 5.70 Å². The van der Waals surface area contributed by atoms with E-state index in [-0.39, 0.29) is 0 Å². The number of nitrogens with one attached hydrogen (secondary N) is 3. The summed E-state index contributed by atoms with van der Waals surface area (Å²) in [6, 6.07) is 9.31. The summed E-state index contributed by atoms with van der Waals surface area (Å²) >= 11 is 0. The lowest BCUT2D eigenvalue weighted by molar-refractivity contribution is 0.214. The molecule has 5 nitrogen and oxygen atoms in total. The van der Waals surface area contributed by atoms with Gasteiger partial charge < -0.3 is 21.0 Å². The van der Waals surface area contributed by atoms with Crippen molar-refractivity contribution >= 4 is 22.8 Å². The average molecular weight is 464 g/mol. The molecule has 0 atom stereocenters. The monoisotopic (exact) mass is 463 g/mol. The van der Waals surface area contributed by atoms with Gasteiger partial charge in [0, 0.05) is 41.8 Å². The number of allylic oxidation sites excluding steroid dienone is 2. The lowest BCUT2D eigenvalue weighted by Crippen LogP contribution is -2.28. The fourth-order valence-corrected chi connectivity index (χ4v) is 3.66. The second-order valence-corrected chi connectivity index (χ2v) is 8.89. The third-order valence-corrected chi connectivity index (χ3v) is 5.70. The van der Waals surface area contributed by atoms with Gasteiger partial charge in [0.05, 0.1) is 22.8 Å². The molecule has 0 bridgehead atoms. The molecule has 0 unspecified atom stereocenters. The van der Waals surface area contributed by atoms with E-state index in [1.807, 2.05) is 38.1 Å². The van der Waals surface area contributed by atoms with E-state index in [4.69, 9.17) is 10.8 Å². The van der Waals surface area contributed by atoms with Crippen molar-refractivity contribution in [3.63, 3.8) is 0 Å². The first kappa shape index (κ1) is 27.0. The van der Waals surface area contributed by atoms with Gasteiger partial charge >= 0.3 is 0 Å². The summed E-state index contributed by atoms with van der Waals surface area (Å²) in [5.74, 6) is 0. The molecule has 2 aromatic rings. The van der Waals surface area contributed by atoms with Crippen molar-refractivity contribution in [2.75, 3.05) is 18.4 Å². The first-order chi connectivity index (χ1) is 16.0. The molecule has 0 spiro atoms. The standard InChI is InChI=1S/C28H38FN5/c1-8-15-34(10-3)26(24(30)9-2)18-25(31)23-17-22(12-11-19(23)4)33-20(5)21-13-14-32-27(16-21)28(6,7)29/h11-14,16-18,30-31,33H,5,8-10,15H2,1-4,6-7H3/b26-18+,30-24?,31-25?. The van der Waals surface area contributed by atoms with Gasteiger partial charge in [0.1, 0.15) is 5.67 Å². The van der Waals surface area contributed by atoms with E-state index in [2.05, 4.69) is 35.6 Å². The summed E-state index contributed by atoms with van der Waals surface area (Å²) in [4.78, 5) is 6.29. The Kier molecular flexibility index (Phi) is 9.30. The molecular formula is C28H38FN5. The maximum Gasteiger partial charge on any atom is 0.147 e. The summed E-state index contributed by atoms with van der Waals surface area (Å²) in [5.41, 5.74) is 4.43. The Morgan fingerprint density at radius 3 is 2.47 bits per heavy atom. The molecule has 3 N–H and O–H groups in total. The Morgan fingerprint density at radius 2 is 1.88 bits per heavy atom.